The molecule has 0 fully saturated rings. The van der Waals surface area contributed by atoms with Gasteiger partial charge in [0.15, 0.2) is 34.5 Å². The Labute approximate surface area is 331 Å². The molecule has 4 aliphatic rings. The molecule has 0 amide bonds. The van der Waals surface area contributed by atoms with Gasteiger partial charge in [-0.25, -0.2) is 0 Å². The van der Waals surface area contributed by atoms with E-state index in [0.29, 0.717) is 40.9 Å². The van der Waals surface area contributed by atoms with Crippen LogP contribution in [0.25, 0.3) is 0 Å². The molecular weight excluding hydrogens is 709 g/mol. The third-order valence-corrected chi connectivity index (χ3v) is 12.4. The Balaban J connectivity index is 1.32. The first-order valence-corrected chi connectivity index (χ1v) is 20.1. The highest BCUT2D eigenvalue weighted by atomic mass is 16.5. The molecule has 8 rings (SSSR count). The zero-order valence-corrected chi connectivity index (χ0v) is 33.6. The smallest absolute Gasteiger partial charge is 0.303 e. The number of rotatable bonds is 12. The van der Waals surface area contributed by atoms with E-state index < -0.39 is 5.97 Å². The average molecular weight is 766 g/mol. The fourth-order valence-electron chi connectivity index (χ4n) is 9.06. The van der Waals surface area contributed by atoms with Crippen molar-refractivity contribution in [1.82, 2.24) is 4.90 Å². The van der Waals surface area contributed by atoms with E-state index in [9.17, 15) is 9.90 Å². The molecule has 3 atom stereocenters. The van der Waals surface area contributed by atoms with Gasteiger partial charge in [-0.15, -0.1) is 0 Å². The second-order valence-electron chi connectivity index (χ2n) is 16.0. The van der Waals surface area contributed by atoms with Crippen LogP contribution in [0.15, 0.2) is 60.7 Å². The molecule has 10 heteroatoms. The molecule has 0 spiro atoms. The van der Waals surface area contributed by atoms with Crippen molar-refractivity contribution in [2.24, 2.45) is 0 Å². The number of carboxylic acid groups (broad SMARTS) is 1. The highest BCUT2D eigenvalue weighted by molar-refractivity contribution is 5.66. The molecule has 0 saturated heterocycles. The number of ether oxygens (including phenoxy) is 5. The van der Waals surface area contributed by atoms with Crippen molar-refractivity contribution in [3.63, 3.8) is 0 Å². The summed E-state index contributed by atoms with van der Waals surface area (Å²) in [6, 6.07) is 20.8. The lowest BCUT2D eigenvalue weighted by molar-refractivity contribution is -0.941. The number of quaternary nitrogens is 1. The molecule has 2 N–H and O–H groups in total. The van der Waals surface area contributed by atoms with Crippen LogP contribution in [-0.2, 0) is 30.5 Å². The van der Waals surface area contributed by atoms with Gasteiger partial charge in [-0.05, 0) is 104 Å². The molecule has 56 heavy (non-hydrogen) atoms. The third kappa shape index (κ3) is 8.27. The second-order valence-corrected chi connectivity index (χ2v) is 16.0. The van der Waals surface area contributed by atoms with Crippen LogP contribution in [0, 0.1) is 0 Å². The Morgan fingerprint density at radius 1 is 0.786 bits per heavy atom. The molecule has 298 valence electrons. The average Bonchev–Trinajstić information content (AvgIpc) is 3.19. The number of phenols is 1. The SMILES string of the molecule is COc1ccc2cc1Oc1ccc(cc1)CC1c3cc(c(OC)cc3CC[N+]1(C)CCCCCCCCC(=O)O)Oc1c(O)c(OC)cc3c1C(C2)N(C)CC3. The number of unbranched alkanes of at least 4 members (excludes halogenated alkanes) is 5. The molecular formula is C46H57N2O8+. The predicted molar refractivity (Wildman–Crippen MR) is 216 cm³/mol. The van der Waals surface area contributed by atoms with Crippen LogP contribution in [0.1, 0.15) is 90.4 Å². The van der Waals surface area contributed by atoms with Gasteiger partial charge in [0, 0.05) is 43.0 Å². The van der Waals surface area contributed by atoms with E-state index in [2.05, 4.69) is 67.5 Å². The maximum absolute atomic E-state index is 11.9. The van der Waals surface area contributed by atoms with Gasteiger partial charge in [-0.3, -0.25) is 9.69 Å². The van der Waals surface area contributed by atoms with Crippen molar-refractivity contribution in [3.8, 4) is 46.0 Å². The molecule has 4 aliphatic heterocycles. The molecule has 4 heterocycles. The summed E-state index contributed by atoms with van der Waals surface area (Å²) in [5.74, 6) is 3.28. The van der Waals surface area contributed by atoms with Crippen LogP contribution in [0.3, 0.4) is 0 Å². The number of hydrogen-bond acceptors (Lipinski definition) is 8. The van der Waals surface area contributed by atoms with Crippen LogP contribution in [0.4, 0.5) is 0 Å². The lowest BCUT2D eigenvalue weighted by Crippen LogP contribution is -2.52. The first kappa shape index (κ1) is 39.3. The molecule has 0 saturated carbocycles. The number of methoxy groups -OCH3 is 3. The zero-order chi connectivity index (χ0) is 39.4. The summed E-state index contributed by atoms with van der Waals surface area (Å²) >= 11 is 0. The quantitative estimate of drug-likeness (QED) is 0.108. The minimum absolute atomic E-state index is 0.0286. The normalized spacial score (nSPS) is 20.2. The Morgan fingerprint density at radius 2 is 1.46 bits per heavy atom. The van der Waals surface area contributed by atoms with Gasteiger partial charge >= 0.3 is 5.97 Å². The highest BCUT2D eigenvalue weighted by Crippen LogP contribution is 2.52. The summed E-state index contributed by atoms with van der Waals surface area (Å²) in [5, 5.41) is 20.9. The molecule has 6 bridgehead atoms. The number of hydrogen-bond donors (Lipinski definition) is 2. The lowest BCUT2D eigenvalue weighted by atomic mass is 9.85. The number of fused-ring (bicyclic) bond motifs is 2. The monoisotopic (exact) mass is 765 g/mol. The van der Waals surface area contributed by atoms with E-state index >= 15 is 0 Å². The third-order valence-electron chi connectivity index (χ3n) is 12.4. The van der Waals surface area contributed by atoms with Gasteiger partial charge in [0.1, 0.15) is 11.8 Å². The summed E-state index contributed by atoms with van der Waals surface area (Å²) in [6.45, 7) is 2.86. The van der Waals surface area contributed by atoms with Gasteiger partial charge < -0.3 is 38.4 Å². The largest absolute Gasteiger partial charge is 0.502 e. The van der Waals surface area contributed by atoms with Gasteiger partial charge in [-0.2, -0.15) is 0 Å². The van der Waals surface area contributed by atoms with Crippen LogP contribution in [-0.4, -0.2) is 80.6 Å². The van der Waals surface area contributed by atoms with Gasteiger partial charge in [0.25, 0.3) is 0 Å². The second kappa shape index (κ2) is 17.1. The molecule has 0 aliphatic carbocycles. The maximum Gasteiger partial charge on any atom is 0.303 e. The number of carbonyl (C=O) groups is 1. The number of aliphatic carboxylic acids is 1. The van der Waals surface area contributed by atoms with Crippen LogP contribution < -0.4 is 23.7 Å². The predicted octanol–water partition coefficient (Wildman–Crippen LogP) is 9.19. The van der Waals surface area contributed by atoms with Crippen molar-refractivity contribution in [1.29, 1.82) is 0 Å². The van der Waals surface area contributed by atoms with Crippen molar-refractivity contribution in [2.45, 2.75) is 82.7 Å². The van der Waals surface area contributed by atoms with Gasteiger partial charge in [0.05, 0.1) is 41.5 Å². The Hall–Kier alpha value is -4.93. The van der Waals surface area contributed by atoms with Crippen molar-refractivity contribution >= 4 is 5.97 Å². The van der Waals surface area contributed by atoms with Gasteiger partial charge in [0.2, 0.25) is 5.75 Å². The minimum atomic E-state index is -0.715. The minimum Gasteiger partial charge on any atom is -0.502 e. The van der Waals surface area contributed by atoms with Crippen molar-refractivity contribution < 1.29 is 43.2 Å². The van der Waals surface area contributed by atoms with Crippen molar-refractivity contribution in [3.05, 3.63) is 94.0 Å². The fraction of sp³-hybridized carbons (Fsp3) is 0.457. The van der Waals surface area contributed by atoms with E-state index in [4.69, 9.17) is 28.8 Å². The zero-order valence-electron chi connectivity index (χ0n) is 33.6. The number of carboxylic acids is 1. The summed E-state index contributed by atoms with van der Waals surface area (Å²) in [7, 11) is 9.42. The Kier molecular flexibility index (Phi) is 12.0. The van der Waals surface area contributed by atoms with E-state index in [1.54, 1.807) is 21.3 Å². The summed E-state index contributed by atoms with van der Waals surface area (Å²) in [5.41, 5.74) is 6.78. The van der Waals surface area contributed by atoms with E-state index in [0.717, 1.165) is 104 Å². The number of aromatic hydroxyl groups is 1. The molecule has 0 radical (unpaired) electrons. The standard InChI is InChI=1S/C46H56N2O8/c1-47-21-19-33-28-42(54-5)45(51)46-44(33)36(47)24-31-15-18-38(52-3)40(26-31)55-34-16-13-30(14-17-34)25-37-35-29-41(56-46)39(53-4)27-32(35)20-23-48(37,2)22-11-9-7-6-8-10-12-43(49)50/h13-18,26-29,36-37H,6-12,19-25H2,1-5H3,(H-,49,50,51)/p+1. The number of phenolic OH excluding ortho intramolecular Hbond substituents is 1. The first-order chi connectivity index (χ1) is 27.1. The fourth-order valence-corrected chi connectivity index (χ4v) is 9.06. The maximum atomic E-state index is 11.9. The molecule has 0 aromatic heterocycles. The summed E-state index contributed by atoms with van der Waals surface area (Å²) in [6.07, 6.45) is 9.48. The molecule has 3 unspecified atom stereocenters. The number of likely N-dealkylation sites (N-methyl/N-ethyl adjacent to an activating group) is 2. The topological polar surface area (TPSA) is 107 Å². The first-order valence-electron chi connectivity index (χ1n) is 20.1. The molecule has 10 nitrogen and oxygen atoms in total. The summed E-state index contributed by atoms with van der Waals surface area (Å²) in [4.78, 5) is 13.3. The number of benzene rings is 4. The summed E-state index contributed by atoms with van der Waals surface area (Å²) < 4.78 is 31.9. The Morgan fingerprint density at radius 3 is 2.20 bits per heavy atom. The number of nitrogens with zero attached hydrogens (tertiary/aromatic N) is 2. The van der Waals surface area contributed by atoms with Crippen LogP contribution >= 0.6 is 0 Å². The molecule has 4 aromatic carbocycles. The Bertz CT molecular complexity index is 2030. The lowest BCUT2D eigenvalue weighted by Gasteiger charge is -2.46. The van der Waals surface area contributed by atoms with Crippen LogP contribution in [0.5, 0.6) is 46.0 Å². The van der Waals surface area contributed by atoms with Crippen LogP contribution in [0.2, 0.25) is 0 Å². The highest BCUT2D eigenvalue weighted by Gasteiger charge is 2.40. The van der Waals surface area contributed by atoms with E-state index in [1.807, 2.05) is 12.1 Å². The van der Waals surface area contributed by atoms with Gasteiger partial charge in [-0.1, -0.05) is 37.5 Å². The van der Waals surface area contributed by atoms with E-state index in [-0.39, 0.29) is 24.3 Å². The van der Waals surface area contributed by atoms with E-state index in [1.165, 1.54) is 16.7 Å². The van der Waals surface area contributed by atoms with Crippen molar-refractivity contribution in [2.75, 3.05) is 55.1 Å². The molecule has 4 aromatic rings.